The van der Waals surface area contributed by atoms with Crippen LogP contribution in [0.4, 0.5) is 0 Å². The second kappa shape index (κ2) is 9.70. The molecule has 130 valence electrons. The highest BCUT2D eigenvalue weighted by Crippen LogP contribution is 2.30. The van der Waals surface area contributed by atoms with Crippen molar-refractivity contribution in [2.45, 2.75) is 23.3 Å². The van der Waals surface area contributed by atoms with Gasteiger partial charge in [0.25, 0.3) is 0 Å². The Balaban J connectivity index is 1.51. The van der Waals surface area contributed by atoms with Crippen molar-refractivity contribution < 1.29 is 0 Å². The first kappa shape index (κ1) is 18.9. The quantitative estimate of drug-likeness (QED) is 0.611. The van der Waals surface area contributed by atoms with Crippen LogP contribution in [0.2, 0.25) is 0 Å². The predicted octanol–water partition coefficient (Wildman–Crippen LogP) is 5.58. The Hall–Kier alpha value is 0.1000. The molecule has 2 fully saturated rings. The van der Waals surface area contributed by atoms with Crippen molar-refractivity contribution in [1.82, 2.24) is 0 Å². The Bertz CT molecular complexity index is 513. The van der Waals surface area contributed by atoms with Crippen molar-refractivity contribution in [1.29, 1.82) is 0 Å². The predicted molar refractivity (Wildman–Crippen MR) is 119 cm³/mol. The van der Waals surface area contributed by atoms with Gasteiger partial charge in [-0.25, -0.2) is 0 Å². The van der Waals surface area contributed by atoms with E-state index in [0.29, 0.717) is 0 Å². The topological polar surface area (TPSA) is 0 Å². The highest BCUT2D eigenvalue weighted by Gasteiger charge is 2.17. The molecule has 0 radical (unpaired) electrons. The zero-order chi connectivity index (χ0) is 16.8. The van der Waals surface area contributed by atoms with Gasteiger partial charge in [0.1, 0.15) is 0 Å². The van der Waals surface area contributed by atoms with Crippen LogP contribution in [0.1, 0.15) is 11.1 Å². The highest BCUT2D eigenvalue weighted by atomic mass is 32.2. The molecule has 2 heterocycles. The molecule has 2 aliphatic heterocycles. The van der Waals surface area contributed by atoms with Crippen LogP contribution in [-0.2, 0) is 12.8 Å². The third-order valence-corrected chi connectivity index (χ3v) is 9.90. The number of rotatable bonds is 4. The maximum Gasteiger partial charge on any atom is 0.0181 e. The summed E-state index contributed by atoms with van der Waals surface area (Å²) in [6.45, 7) is 8.29. The van der Waals surface area contributed by atoms with Gasteiger partial charge in [-0.15, -0.1) is 0 Å². The molecular formula is C20H26S4. The molecule has 2 atom stereocenters. The molecule has 4 heteroatoms. The van der Waals surface area contributed by atoms with E-state index in [4.69, 9.17) is 0 Å². The van der Waals surface area contributed by atoms with Crippen LogP contribution in [0.25, 0.3) is 0 Å². The van der Waals surface area contributed by atoms with Crippen molar-refractivity contribution in [2.24, 2.45) is 0 Å². The number of hydrogen-bond donors (Lipinski definition) is 0. The maximum atomic E-state index is 4.14. The number of benzene rings is 1. The Morgan fingerprint density at radius 2 is 1.12 bits per heavy atom. The minimum atomic E-state index is 0.736. The Labute approximate surface area is 164 Å². The van der Waals surface area contributed by atoms with E-state index in [-0.39, 0.29) is 0 Å². The van der Waals surface area contributed by atoms with E-state index in [1.807, 2.05) is 23.5 Å². The summed E-state index contributed by atoms with van der Waals surface area (Å²) < 4.78 is 0. The third kappa shape index (κ3) is 6.12. The minimum Gasteiger partial charge on any atom is -0.156 e. The largest absolute Gasteiger partial charge is 0.156 e. The summed E-state index contributed by atoms with van der Waals surface area (Å²) >= 11 is 8.27. The molecule has 0 aliphatic carbocycles. The fraction of sp³-hybridized carbons (Fsp3) is 0.500. The molecule has 0 spiro atoms. The first-order valence-corrected chi connectivity index (χ1v) is 12.9. The highest BCUT2D eigenvalue weighted by molar-refractivity contribution is 8.04. The van der Waals surface area contributed by atoms with Crippen LogP contribution in [0.3, 0.4) is 0 Å². The van der Waals surface area contributed by atoms with Gasteiger partial charge >= 0.3 is 0 Å². The lowest BCUT2D eigenvalue weighted by atomic mass is 10.0. The lowest BCUT2D eigenvalue weighted by Gasteiger charge is -2.15. The molecule has 2 unspecified atom stereocenters. The van der Waals surface area contributed by atoms with Crippen molar-refractivity contribution in [3.05, 3.63) is 59.7 Å². The first-order chi connectivity index (χ1) is 11.7. The lowest BCUT2D eigenvalue weighted by Crippen LogP contribution is -2.11. The van der Waals surface area contributed by atoms with E-state index < -0.39 is 0 Å². The van der Waals surface area contributed by atoms with Gasteiger partial charge < -0.3 is 0 Å². The third-order valence-electron chi connectivity index (χ3n) is 4.22. The van der Waals surface area contributed by atoms with Crippen LogP contribution in [0.5, 0.6) is 0 Å². The monoisotopic (exact) mass is 394 g/mol. The standard InChI is InChI=1S/C20H26S4/c1-15-9-21-13-19(23-11-15)7-17-3-5-18(6-4-17)8-20-14-22-10-16(2)12-24-20/h3-6,19-20H,1-2,7-14H2. The average molecular weight is 395 g/mol. The summed E-state index contributed by atoms with van der Waals surface area (Å²) in [5.41, 5.74) is 5.76. The second-order valence-electron chi connectivity index (χ2n) is 6.62. The van der Waals surface area contributed by atoms with Gasteiger partial charge in [-0.1, -0.05) is 48.6 Å². The van der Waals surface area contributed by atoms with Gasteiger partial charge in [0, 0.05) is 45.0 Å². The zero-order valence-corrected chi connectivity index (χ0v) is 17.4. The Morgan fingerprint density at radius 3 is 1.54 bits per heavy atom. The van der Waals surface area contributed by atoms with Crippen molar-refractivity contribution in [2.75, 3.05) is 34.5 Å². The number of hydrogen-bond acceptors (Lipinski definition) is 4. The minimum absolute atomic E-state index is 0.736. The molecule has 0 nitrogen and oxygen atoms in total. The van der Waals surface area contributed by atoms with Gasteiger partial charge in [-0.2, -0.15) is 47.0 Å². The Morgan fingerprint density at radius 1 is 0.708 bits per heavy atom. The molecular weight excluding hydrogens is 368 g/mol. The molecule has 1 aromatic carbocycles. The van der Waals surface area contributed by atoms with Crippen molar-refractivity contribution in [3.8, 4) is 0 Å². The summed E-state index contributed by atoms with van der Waals surface area (Å²) in [4.78, 5) is 0. The molecule has 0 N–H and O–H groups in total. The van der Waals surface area contributed by atoms with Crippen LogP contribution < -0.4 is 0 Å². The normalized spacial score (nSPS) is 26.0. The van der Waals surface area contributed by atoms with E-state index in [1.165, 1.54) is 46.6 Å². The van der Waals surface area contributed by atoms with Crippen molar-refractivity contribution in [3.63, 3.8) is 0 Å². The van der Waals surface area contributed by atoms with Gasteiger partial charge in [0.2, 0.25) is 0 Å². The van der Waals surface area contributed by atoms with Gasteiger partial charge in [0.05, 0.1) is 0 Å². The second-order valence-corrected chi connectivity index (χ2v) is 11.3. The van der Waals surface area contributed by atoms with Gasteiger partial charge in [-0.3, -0.25) is 0 Å². The zero-order valence-electron chi connectivity index (χ0n) is 14.2. The van der Waals surface area contributed by atoms with Crippen LogP contribution in [-0.4, -0.2) is 45.0 Å². The molecule has 1 aromatic rings. The van der Waals surface area contributed by atoms with E-state index in [2.05, 4.69) is 60.9 Å². The van der Waals surface area contributed by atoms with E-state index in [0.717, 1.165) is 33.5 Å². The molecule has 2 aliphatic rings. The fourth-order valence-electron chi connectivity index (χ4n) is 2.89. The molecule has 0 bridgehead atoms. The van der Waals surface area contributed by atoms with Crippen LogP contribution >= 0.6 is 47.0 Å². The summed E-state index contributed by atoms with van der Waals surface area (Å²) in [5, 5.41) is 1.47. The van der Waals surface area contributed by atoms with Crippen molar-refractivity contribution >= 4 is 47.0 Å². The van der Waals surface area contributed by atoms with E-state index in [1.54, 1.807) is 0 Å². The average Bonchev–Trinajstić information content (AvgIpc) is 2.90. The summed E-state index contributed by atoms with van der Waals surface area (Å²) in [6, 6.07) is 9.42. The summed E-state index contributed by atoms with van der Waals surface area (Å²) in [7, 11) is 0. The molecule has 2 saturated heterocycles. The van der Waals surface area contributed by atoms with E-state index in [9.17, 15) is 0 Å². The molecule has 24 heavy (non-hydrogen) atoms. The first-order valence-electron chi connectivity index (χ1n) is 8.49. The molecule has 3 rings (SSSR count). The Kier molecular flexibility index (Phi) is 7.63. The van der Waals surface area contributed by atoms with Crippen LogP contribution in [0.15, 0.2) is 48.6 Å². The van der Waals surface area contributed by atoms with Crippen LogP contribution in [0, 0.1) is 0 Å². The lowest BCUT2D eigenvalue weighted by molar-refractivity contribution is 0.937. The molecule has 0 aromatic heterocycles. The fourth-order valence-corrected chi connectivity index (χ4v) is 8.05. The van der Waals surface area contributed by atoms with Gasteiger partial charge in [-0.05, 0) is 24.0 Å². The molecule has 0 saturated carbocycles. The summed E-state index contributed by atoms with van der Waals surface area (Å²) in [5.74, 6) is 7.07. The van der Waals surface area contributed by atoms with E-state index >= 15 is 0 Å². The smallest absolute Gasteiger partial charge is 0.0181 e. The summed E-state index contributed by atoms with van der Waals surface area (Å²) in [6.07, 6.45) is 2.39. The van der Waals surface area contributed by atoms with Gasteiger partial charge in [0.15, 0.2) is 0 Å². The molecule has 0 amide bonds. The maximum absolute atomic E-state index is 4.14. The SMILES string of the molecule is C=C1CSCC(Cc2ccc(CC3CSCC(=C)CS3)cc2)SC1. The number of thioether (sulfide) groups is 4.